The van der Waals surface area contributed by atoms with Crippen molar-refractivity contribution in [3.63, 3.8) is 0 Å². The summed E-state index contributed by atoms with van der Waals surface area (Å²) in [6.45, 7) is 1.21. The highest BCUT2D eigenvalue weighted by Crippen LogP contribution is 2.38. The first kappa shape index (κ1) is 15.5. The summed E-state index contributed by atoms with van der Waals surface area (Å²) < 4.78 is 5.73. The largest absolute Gasteiger partial charge is 0.493 e. The number of carboxylic acids is 1. The molecule has 0 aromatic heterocycles. The van der Waals surface area contributed by atoms with Crippen molar-refractivity contribution in [2.45, 2.75) is 25.4 Å². The first-order chi connectivity index (χ1) is 11.6. The first-order valence-corrected chi connectivity index (χ1v) is 8.49. The number of nitrogens with one attached hydrogen (secondary N) is 1. The standard InChI is InChI=1S/C19H18ClNO3/c20-14-7-12-5-6-24-18(12)13(8-14)10-21-17-15-4-2-1-3-11(15)9-16(17)19(22)23/h1-4,7-8,16-17,21H,5-6,9-10H2,(H,22,23)/t16-,17+/m1/s1. The van der Waals surface area contributed by atoms with Crippen molar-refractivity contribution in [2.75, 3.05) is 6.61 Å². The molecule has 5 heteroatoms. The Morgan fingerprint density at radius 1 is 1.29 bits per heavy atom. The van der Waals surface area contributed by atoms with E-state index in [1.807, 2.05) is 36.4 Å². The summed E-state index contributed by atoms with van der Waals surface area (Å²) in [6.07, 6.45) is 1.43. The van der Waals surface area contributed by atoms with Gasteiger partial charge in [-0.05, 0) is 35.2 Å². The molecule has 2 aromatic carbocycles. The van der Waals surface area contributed by atoms with E-state index in [2.05, 4.69) is 5.32 Å². The summed E-state index contributed by atoms with van der Waals surface area (Å²) in [4.78, 5) is 11.6. The monoisotopic (exact) mass is 343 g/mol. The van der Waals surface area contributed by atoms with Gasteiger partial charge in [-0.1, -0.05) is 35.9 Å². The van der Waals surface area contributed by atoms with Crippen LogP contribution in [-0.4, -0.2) is 17.7 Å². The highest BCUT2D eigenvalue weighted by Gasteiger charge is 2.36. The molecule has 2 aliphatic rings. The van der Waals surface area contributed by atoms with Crippen molar-refractivity contribution in [3.05, 3.63) is 63.7 Å². The van der Waals surface area contributed by atoms with Gasteiger partial charge in [-0.25, -0.2) is 0 Å². The fourth-order valence-electron chi connectivity index (χ4n) is 3.77. The number of carboxylic acid groups (broad SMARTS) is 1. The van der Waals surface area contributed by atoms with Gasteiger partial charge in [-0.2, -0.15) is 0 Å². The average molecular weight is 344 g/mol. The number of benzene rings is 2. The highest BCUT2D eigenvalue weighted by molar-refractivity contribution is 6.30. The van der Waals surface area contributed by atoms with Crippen molar-refractivity contribution >= 4 is 17.6 Å². The predicted molar refractivity (Wildman–Crippen MR) is 91.5 cm³/mol. The molecule has 0 saturated carbocycles. The van der Waals surface area contributed by atoms with Gasteiger partial charge < -0.3 is 15.2 Å². The molecule has 2 aromatic rings. The summed E-state index contributed by atoms with van der Waals surface area (Å²) >= 11 is 6.21. The Bertz CT molecular complexity index is 805. The Labute approximate surface area is 145 Å². The van der Waals surface area contributed by atoms with Gasteiger partial charge in [-0.15, -0.1) is 0 Å². The van der Waals surface area contributed by atoms with Crippen LogP contribution in [0.3, 0.4) is 0 Å². The van der Waals surface area contributed by atoms with Crippen LogP contribution >= 0.6 is 11.6 Å². The smallest absolute Gasteiger partial charge is 0.308 e. The number of carbonyl (C=O) groups is 1. The topological polar surface area (TPSA) is 58.6 Å². The Morgan fingerprint density at radius 2 is 2.12 bits per heavy atom. The van der Waals surface area contributed by atoms with E-state index in [4.69, 9.17) is 16.3 Å². The fraction of sp³-hybridized carbons (Fsp3) is 0.316. The minimum atomic E-state index is -0.767. The van der Waals surface area contributed by atoms with Crippen molar-refractivity contribution < 1.29 is 14.6 Å². The van der Waals surface area contributed by atoms with E-state index in [0.29, 0.717) is 24.6 Å². The van der Waals surface area contributed by atoms with Gasteiger partial charge in [0.15, 0.2) is 0 Å². The van der Waals surface area contributed by atoms with Gasteiger partial charge in [0.05, 0.1) is 12.5 Å². The van der Waals surface area contributed by atoms with Crippen LogP contribution in [0.1, 0.15) is 28.3 Å². The summed E-state index contributed by atoms with van der Waals surface area (Å²) in [5.74, 6) is -0.322. The summed E-state index contributed by atoms with van der Waals surface area (Å²) in [5, 5.41) is 13.7. The van der Waals surface area contributed by atoms with Crippen LogP contribution in [0, 0.1) is 5.92 Å². The number of rotatable bonds is 4. The number of halogens is 1. The molecular weight excluding hydrogens is 326 g/mol. The molecule has 4 rings (SSSR count). The highest BCUT2D eigenvalue weighted by atomic mass is 35.5. The summed E-state index contributed by atoms with van der Waals surface area (Å²) in [6, 6.07) is 11.6. The normalized spacial score (nSPS) is 21.2. The lowest BCUT2D eigenvalue weighted by atomic mass is 10.00. The van der Waals surface area contributed by atoms with Crippen LogP contribution < -0.4 is 10.1 Å². The zero-order valence-corrected chi connectivity index (χ0v) is 13.8. The summed E-state index contributed by atoms with van der Waals surface area (Å²) in [7, 11) is 0. The number of hydrogen-bond donors (Lipinski definition) is 2. The molecular formula is C19H18ClNO3. The molecule has 0 unspecified atom stereocenters. The molecule has 0 fully saturated rings. The summed E-state index contributed by atoms with van der Waals surface area (Å²) in [5.41, 5.74) is 4.30. The quantitative estimate of drug-likeness (QED) is 0.893. The van der Waals surface area contributed by atoms with Gasteiger partial charge in [0.2, 0.25) is 0 Å². The van der Waals surface area contributed by atoms with Gasteiger partial charge in [0, 0.05) is 29.6 Å². The molecule has 1 aliphatic heterocycles. The molecule has 0 bridgehead atoms. The number of aliphatic carboxylic acids is 1. The molecule has 2 N–H and O–H groups in total. The molecule has 2 atom stereocenters. The molecule has 1 heterocycles. The van der Waals surface area contributed by atoms with Crippen LogP contribution in [0.2, 0.25) is 5.02 Å². The maximum atomic E-state index is 11.6. The van der Waals surface area contributed by atoms with Gasteiger partial charge >= 0.3 is 5.97 Å². The Balaban J connectivity index is 1.60. The fourth-order valence-corrected chi connectivity index (χ4v) is 4.04. The van der Waals surface area contributed by atoms with Crippen LogP contribution in [0.15, 0.2) is 36.4 Å². The third-order valence-corrected chi connectivity index (χ3v) is 5.11. The molecule has 0 amide bonds. The molecule has 0 spiro atoms. The van der Waals surface area contributed by atoms with Crippen LogP contribution in [0.25, 0.3) is 0 Å². The Kier molecular flexibility index (Phi) is 3.94. The average Bonchev–Trinajstić information content (AvgIpc) is 3.16. The first-order valence-electron chi connectivity index (χ1n) is 8.11. The minimum Gasteiger partial charge on any atom is -0.493 e. The second kappa shape index (κ2) is 6.11. The Morgan fingerprint density at radius 3 is 2.96 bits per heavy atom. The van der Waals surface area contributed by atoms with Crippen molar-refractivity contribution in [2.24, 2.45) is 5.92 Å². The molecule has 24 heavy (non-hydrogen) atoms. The van der Waals surface area contributed by atoms with Crippen LogP contribution in [-0.2, 0) is 24.2 Å². The lowest BCUT2D eigenvalue weighted by Gasteiger charge is -2.20. The van der Waals surface area contributed by atoms with Crippen LogP contribution in [0.4, 0.5) is 0 Å². The third-order valence-electron chi connectivity index (χ3n) is 4.89. The van der Waals surface area contributed by atoms with Crippen molar-refractivity contribution in [3.8, 4) is 5.75 Å². The van der Waals surface area contributed by atoms with E-state index in [-0.39, 0.29) is 6.04 Å². The lowest BCUT2D eigenvalue weighted by Crippen LogP contribution is -2.30. The third kappa shape index (κ3) is 2.66. The molecule has 124 valence electrons. The van der Waals surface area contributed by atoms with Gasteiger partial charge in [0.25, 0.3) is 0 Å². The van der Waals surface area contributed by atoms with Crippen LogP contribution in [0.5, 0.6) is 5.75 Å². The van der Waals surface area contributed by atoms with E-state index >= 15 is 0 Å². The van der Waals surface area contributed by atoms with Gasteiger partial charge in [0.1, 0.15) is 5.75 Å². The lowest BCUT2D eigenvalue weighted by molar-refractivity contribution is -0.142. The number of ether oxygens (including phenoxy) is 1. The molecule has 4 nitrogen and oxygen atoms in total. The Hall–Kier alpha value is -2.04. The molecule has 0 saturated heterocycles. The SMILES string of the molecule is O=C(O)[C@@H]1Cc2ccccc2[C@@H]1NCc1cc(Cl)cc2c1OCC2. The number of fused-ring (bicyclic) bond motifs is 2. The zero-order valence-electron chi connectivity index (χ0n) is 13.1. The second-order valence-corrected chi connectivity index (χ2v) is 6.79. The van der Waals surface area contributed by atoms with E-state index in [9.17, 15) is 9.90 Å². The second-order valence-electron chi connectivity index (χ2n) is 6.36. The van der Waals surface area contributed by atoms with Gasteiger partial charge in [-0.3, -0.25) is 4.79 Å². The van der Waals surface area contributed by atoms with E-state index < -0.39 is 11.9 Å². The minimum absolute atomic E-state index is 0.199. The predicted octanol–water partition coefficient (Wildman–Crippen LogP) is 3.36. The number of hydrogen-bond acceptors (Lipinski definition) is 3. The molecule has 1 aliphatic carbocycles. The van der Waals surface area contributed by atoms with Crippen molar-refractivity contribution in [1.82, 2.24) is 5.32 Å². The zero-order chi connectivity index (χ0) is 16.7. The van der Waals surface area contributed by atoms with E-state index in [1.54, 1.807) is 0 Å². The van der Waals surface area contributed by atoms with Crippen molar-refractivity contribution in [1.29, 1.82) is 0 Å². The van der Waals surface area contributed by atoms with E-state index in [0.717, 1.165) is 34.4 Å². The van der Waals surface area contributed by atoms with E-state index in [1.165, 1.54) is 0 Å². The maximum absolute atomic E-state index is 11.6. The maximum Gasteiger partial charge on any atom is 0.308 e. The molecule has 0 radical (unpaired) electrons.